The minimum absolute atomic E-state index is 0.417. The van der Waals surface area contributed by atoms with Crippen LogP contribution in [0.1, 0.15) is 13.3 Å². The Labute approximate surface area is 115 Å². The molecule has 0 saturated carbocycles. The number of nitrogens with zero attached hydrogens (tertiary/aromatic N) is 1. The van der Waals surface area contributed by atoms with Gasteiger partial charge in [0.15, 0.2) is 9.84 Å². The molecule has 106 valence electrons. The van der Waals surface area contributed by atoms with E-state index in [0.717, 1.165) is 25.2 Å². The zero-order valence-corrected chi connectivity index (χ0v) is 12.4. The maximum atomic E-state index is 11.9. The van der Waals surface area contributed by atoms with E-state index in [2.05, 4.69) is 11.8 Å². The van der Waals surface area contributed by atoms with E-state index in [1.165, 1.54) is 6.26 Å². The van der Waals surface area contributed by atoms with E-state index >= 15 is 0 Å². The average molecular weight is 282 g/mol. The third kappa shape index (κ3) is 3.09. The first kappa shape index (κ1) is 14.3. The molecule has 0 bridgehead atoms. The molecule has 5 heteroatoms. The Balaban J connectivity index is 2.33. The van der Waals surface area contributed by atoms with Crippen LogP contribution in [0.3, 0.4) is 0 Å². The van der Waals surface area contributed by atoms with Crippen molar-refractivity contribution in [3.63, 3.8) is 0 Å². The van der Waals surface area contributed by atoms with Gasteiger partial charge in [0.2, 0.25) is 0 Å². The van der Waals surface area contributed by atoms with Crippen LogP contribution in [0.4, 0.5) is 5.69 Å². The second-order valence-electron chi connectivity index (χ2n) is 5.45. The molecule has 1 heterocycles. The molecule has 19 heavy (non-hydrogen) atoms. The molecule has 1 aliphatic rings. The normalized spacial score (nSPS) is 24.5. The Kier molecular flexibility index (Phi) is 4.16. The van der Waals surface area contributed by atoms with Crippen LogP contribution in [0.25, 0.3) is 0 Å². The Morgan fingerprint density at radius 1 is 1.37 bits per heavy atom. The highest BCUT2D eigenvalue weighted by Gasteiger charge is 2.27. The van der Waals surface area contributed by atoms with Crippen molar-refractivity contribution in [3.8, 4) is 0 Å². The van der Waals surface area contributed by atoms with Crippen molar-refractivity contribution in [1.82, 2.24) is 0 Å². The minimum atomic E-state index is -3.19. The highest BCUT2D eigenvalue weighted by Crippen LogP contribution is 2.31. The molecule has 2 N–H and O–H groups in total. The van der Waals surface area contributed by atoms with Crippen LogP contribution in [0, 0.1) is 11.8 Å². The molecule has 1 aromatic carbocycles. The van der Waals surface area contributed by atoms with Crippen molar-refractivity contribution in [2.45, 2.75) is 18.2 Å². The van der Waals surface area contributed by atoms with Gasteiger partial charge >= 0.3 is 0 Å². The number of benzene rings is 1. The Hall–Kier alpha value is -1.07. The highest BCUT2D eigenvalue weighted by atomic mass is 32.2. The quantitative estimate of drug-likeness (QED) is 0.913. The lowest BCUT2D eigenvalue weighted by Crippen LogP contribution is -2.43. The summed E-state index contributed by atoms with van der Waals surface area (Å²) in [5, 5.41) is 0. The standard InChI is InChI=1S/C14H22N2O2S/c1-11-7-8-16(10-12(11)9-15)13-5-3-4-6-14(13)19(2,17)18/h3-6,11-12H,7-10,15H2,1-2H3. The van der Waals surface area contributed by atoms with E-state index in [1.54, 1.807) is 12.1 Å². The van der Waals surface area contributed by atoms with Crippen LogP contribution in [0.2, 0.25) is 0 Å². The fourth-order valence-corrected chi connectivity index (χ4v) is 3.61. The van der Waals surface area contributed by atoms with Crippen molar-refractivity contribution >= 4 is 15.5 Å². The predicted octanol–water partition coefficient (Wildman–Crippen LogP) is 1.51. The van der Waals surface area contributed by atoms with Crippen molar-refractivity contribution in [3.05, 3.63) is 24.3 Å². The van der Waals surface area contributed by atoms with Gasteiger partial charge < -0.3 is 10.6 Å². The number of hydrogen-bond donors (Lipinski definition) is 1. The van der Waals surface area contributed by atoms with Gasteiger partial charge in [-0.3, -0.25) is 0 Å². The molecule has 0 radical (unpaired) electrons. The molecular weight excluding hydrogens is 260 g/mol. The van der Waals surface area contributed by atoms with Crippen LogP contribution < -0.4 is 10.6 Å². The molecule has 1 saturated heterocycles. The summed E-state index contributed by atoms with van der Waals surface area (Å²) in [4.78, 5) is 2.58. The number of anilines is 1. The lowest BCUT2D eigenvalue weighted by molar-refractivity contribution is 0.307. The highest BCUT2D eigenvalue weighted by molar-refractivity contribution is 7.90. The van der Waals surface area contributed by atoms with E-state index in [-0.39, 0.29) is 0 Å². The summed E-state index contributed by atoms with van der Waals surface area (Å²) in [5.74, 6) is 1.04. The number of rotatable bonds is 3. The maximum absolute atomic E-state index is 11.9. The summed E-state index contributed by atoms with van der Waals surface area (Å²) < 4.78 is 23.7. The van der Waals surface area contributed by atoms with Crippen LogP contribution in [-0.4, -0.2) is 34.3 Å². The van der Waals surface area contributed by atoms with E-state index in [4.69, 9.17) is 5.73 Å². The number of nitrogens with two attached hydrogens (primary N) is 1. The van der Waals surface area contributed by atoms with E-state index in [9.17, 15) is 8.42 Å². The van der Waals surface area contributed by atoms with Crippen molar-refractivity contribution < 1.29 is 8.42 Å². The molecule has 4 nitrogen and oxygen atoms in total. The lowest BCUT2D eigenvalue weighted by Gasteiger charge is -2.38. The van der Waals surface area contributed by atoms with Gasteiger partial charge in [0.25, 0.3) is 0 Å². The lowest BCUT2D eigenvalue weighted by atomic mass is 9.87. The summed E-state index contributed by atoms with van der Waals surface area (Å²) in [5.41, 5.74) is 6.63. The van der Waals surface area contributed by atoms with E-state index in [1.807, 2.05) is 12.1 Å². The molecular formula is C14H22N2O2S. The van der Waals surface area contributed by atoms with Crippen LogP contribution in [-0.2, 0) is 9.84 Å². The molecule has 2 atom stereocenters. The number of sulfone groups is 1. The molecule has 0 amide bonds. The minimum Gasteiger partial charge on any atom is -0.370 e. The molecule has 1 fully saturated rings. The third-order valence-electron chi connectivity index (χ3n) is 4.02. The largest absolute Gasteiger partial charge is 0.370 e. The van der Waals surface area contributed by atoms with Crippen LogP contribution in [0.5, 0.6) is 0 Å². The number of piperidine rings is 1. The van der Waals surface area contributed by atoms with Crippen LogP contribution >= 0.6 is 0 Å². The van der Waals surface area contributed by atoms with Crippen molar-refractivity contribution in [2.24, 2.45) is 17.6 Å². The Bertz CT molecular complexity index is 542. The van der Waals surface area contributed by atoms with Gasteiger partial charge in [-0.25, -0.2) is 8.42 Å². The second kappa shape index (κ2) is 5.51. The third-order valence-corrected chi connectivity index (χ3v) is 5.17. The number of hydrogen-bond acceptors (Lipinski definition) is 4. The smallest absolute Gasteiger partial charge is 0.177 e. The monoisotopic (exact) mass is 282 g/mol. The topological polar surface area (TPSA) is 63.4 Å². The summed E-state index contributed by atoms with van der Waals surface area (Å²) >= 11 is 0. The zero-order chi connectivity index (χ0) is 14.0. The fraction of sp³-hybridized carbons (Fsp3) is 0.571. The molecule has 0 aromatic heterocycles. The van der Waals surface area contributed by atoms with Gasteiger partial charge in [-0.05, 0) is 36.9 Å². The first-order valence-electron chi connectivity index (χ1n) is 6.67. The molecule has 2 unspecified atom stereocenters. The van der Waals surface area contributed by atoms with E-state index in [0.29, 0.717) is 23.3 Å². The predicted molar refractivity (Wildman–Crippen MR) is 78.1 cm³/mol. The average Bonchev–Trinajstić information content (AvgIpc) is 2.38. The summed E-state index contributed by atoms with van der Waals surface area (Å²) in [6, 6.07) is 7.23. The summed E-state index contributed by atoms with van der Waals surface area (Å²) in [6.07, 6.45) is 2.32. The van der Waals surface area contributed by atoms with Crippen LogP contribution in [0.15, 0.2) is 29.2 Å². The van der Waals surface area contributed by atoms with Crippen molar-refractivity contribution in [1.29, 1.82) is 0 Å². The van der Waals surface area contributed by atoms with E-state index < -0.39 is 9.84 Å². The number of para-hydroxylation sites is 1. The molecule has 2 rings (SSSR count). The van der Waals surface area contributed by atoms with Gasteiger partial charge in [-0.1, -0.05) is 19.1 Å². The van der Waals surface area contributed by atoms with Crippen molar-refractivity contribution in [2.75, 3.05) is 30.8 Å². The van der Waals surface area contributed by atoms with Gasteiger partial charge in [0.1, 0.15) is 0 Å². The SMILES string of the molecule is CC1CCN(c2ccccc2S(C)(=O)=O)CC1CN. The Morgan fingerprint density at radius 2 is 2.05 bits per heavy atom. The summed E-state index contributed by atoms with van der Waals surface area (Å²) in [6.45, 7) is 4.60. The second-order valence-corrected chi connectivity index (χ2v) is 7.43. The first-order chi connectivity index (χ1) is 8.93. The fourth-order valence-electron chi connectivity index (χ4n) is 2.71. The van der Waals surface area contributed by atoms with Gasteiger partial charge in [-0.2, -0.15) is 0 Å². The molecule has 1 aromatic rings. The maximum Gasteiger partial charge on any atom is 0.177 e. The van der Waals surface area contributed by atoms with Gasteiger partial charge in [0.05, 0.1) is 10.6 Å². The molecule has 0 spiro atoms. The zero-order valence-electron chi connectivity index (χ0n) is 11.5. The van der Waals surface area contributed by atoms with Gasteiger partial charge in [0, 0.05) is 19.3 Å². The Morgan fingerprint density at radius 3 is 2.68 bits per heavy atom. The molecule has 0 aliphatic carbocycles. The summed E-state index contributed by atoms with van der Waals surface area (Å²) in [7, 11) is -3.19. The van der Waals surface area contributed by atoms with Gasteiger partial charge in [-0.15, -0.1) is 0 Å². The first-order valence-corrected chi connectivity index (χ1v) is 8.56. The molecule has 1 aliphatic heterocycles.